The van der Waals surface area contributed by atoms with Gasteiger partial charge < -0.3 is 9.57 Å². The zero-order chi connectivity index (χ0) is 19.3. The van der Waals surface area contributed by atoms with Crippen molar-refractivity contribution in [3.05, 3.63) is 11.1 Å². The van der Waals surface area contributed by atoms with E-state index in [-0.39, 0.29) is 23.0 Å². The lowest BCUT2D eigenvalue weighted by atomic mass is 10.2. The van der Waals surface area contributed by atoms with E-state index in [0.717, 1.165) is 11.3 Å². The van der Waals surface area contributed by atoms with Gasteiger partial charge in [0.2, 0.25) is 0 Å². The number of aromatic nitrogens is 1. The third kappa shape index (κ3) is 8.56. The average Bonchev–Trinajstić information content (AvgIpc) is 2.83. The first-order valence-electron chi connectivity index (χ1n) is 6.94. The molecule has 1 atom stereocenters. The minimum absolute atomic E-state index is 0.00406. The van der Waals surface area contributed by atoms with E-state index in [0.29, 0.717) is 0 Å². The van der Waals surface area contributed by atoms with Crippen LogP contribution < -0.4 is 4.72 Å². The van der Waals surface area contributed by atoms with Gasteiger partial charge >= 0.3 is 16.3 Å². The van der Waals surface area contributed by atoms with E-state index >= 15 is 0 Å². The van der Waals surface area contributed by atoms with Gasteiger partial charge in [-0.2, -0.15) is 8.42 Å². The Labute approximate surface area is 149 Å². The molecule has 2 N–H and O–H groups in total. The van der Waals surface area contributed by atoms with E-state index in [1.807, 2.05) is 0 Å². The van der Waals surface area contributed by atoms with Crippen molar-refractivity contribution in [1.29, 1.82) is 0 Å². The Morgan fingerprint density at radius 2 is 2.16 bits per heavy atom. The molecule has 139 valence electrons. The van der Waals surface area contributed by atoms with Crippen LogP contribution >= 0.6 is 11.3 Å². The lowest BCUT2D eigenvalue weighted by Gasteiger charge is -2.20. The highest BCUT2D eigenvalue weighted by Gasteiger charge is 2.20. The van der Waals surface area contributed by atoms with Crippen LogP contribution in [0.5, 0.6) is 0 Å². The van der Waals surface area contributed by atoms with Crippen molar-refractivity contribution >= 4 is 44.7 Å². The van der Waals surface area contributed by atoms with Crippen LogP contribution in [0.1, 0.15) is 39.8 Å². The normalized spacial score (nSPS) is 13.9. The summed E-state index contributed by atoms with van der Waals surface area (Å²) < 4.78 is 36.9. The summed E-state index contributed by atoms with van der Waals surface area (Å²) in [5.74, 6) is -0.486. The first-order chi connectivity index (χ1) is 11.4. The Bertz CT molecular complexity index is 750. The molecule has 0 aliphatic rings. The van der Waals surface area contributed by atoms with Crippen molar-refractivity contribution in [2.45, 2.75) is 45.8 Å². The predicted octanol–water partition coefficient (Wildman–Crippen LogP) is 1.31. The maximum absolute atomic E-state index is 11.7. The van der Waals surface area contributed by atoms with Gasteiger partial charge in [0.25, 0.3) is 6.29 Å². The van der Waals surface area contributed by atoms with Crippen molar-refractivity contribution < 1.29 is 32.1 Å². The first-order valence-corrected chi connectivity index (χ1v) is 9.26. The zero-order valence-electron chi connectivity index (χ0n) is 14.0. The van der Waals surface area contributed by atoms with E-state index in [4.69, 9.17) is 14.1 Å². The maximum atomic E-state index is 11.7. The molecule has 25 heavy (non-hydrogen) atoms. The van der Waals surface area contributed by atoms with Crippen LogP contribution in [0.15, 0.2) is 10.5 Å². The second-order valence-corrected chi connectivity index (χ2v) is 7.88. The summed E-state index contributed by atoms with van der Waals surface area (Å²) in [4.78, 5) is 31.4. The number of anilines is 1. The Morgan fingerprint density at radius 1 is 1.52 bits per heavy atom. The van der Waals surface area contributed by atoms with Crippen molar-refractivity contribution in [3.63, 3.8) is 0 Å². The van der Waals surface area contributed by atoms with Gasteiger partial charge in [0.1, 0.15) is 17.4 Å². The number of oxime groups is 1. The van der Waals surface area contributed by atoms with Crippen LogP contribution in [0, 0.1) is 0 Å². The number of ether oxygens (including phenoxy) is 1. The van der Waals surface area contributed by atoms with Crippen molar-refractivity contribution in [1.82, 2.24) is 4.98 Å². The number of nitrogens with zero attached hydrogens (tertiary/aromatic N) is 2. The molecular weight excluding hydrogens is 374 g/mol. The smallest absolute Gasteiger partial charge is 0.359 e. The highest BCUT2D eigenvalue weighted by atomic mass is 32.2. The maximum Gasteiger partial charge on any atom is 0.359 e. The topological polar surface area (TPSA) is 144 Å². The molecule has 1 aromatic heterocycles. The Morgan fingerprint density at radius 3 is 2.68 bits per heavy atom. The third-order valence-corrected chi connectivity index (χ3v) is 3.60. The van der Waals surface area contributed by atoms with Crippen LogP contribution in [0.4, 0.5) is 5.13 Å². The van der Waals surface area contributed by atoms with E-state index < -0.39 is 28.0 Å². The summed E-state index contributed by atoms with van der Waals surface area (Å²) in [5.41, 5.74) is -0.954. The Balaban J connectivity index is 2.70. The third-order valence-electron chi connectivity index (χ3n) is 2.26. The summed E-state index contributed by atoms with van der Waals surface area (Å²) in [6.45, 7) is 6.75. The number of esters is 1. The largest absolute Gasteiger partial charge is 0.460 e. The number of thiazole rings is 1. The zero-order valence-corrected chi connectivity index (χ0v) is 15.6. The molecule has 0 aromatic carbocycles. The molecule has 0 amide bonds. The SMILES string of the molecule is CC(CC(=O)OC(C)(C)C)O/N=C(/[C]=O)c1csc(NS(=O)(=O)O)n1. The summed E-state index contributed by atoms with van der Waals surface area (Å²) in [7, 11) is -4.47. The van der Waals surface area contributed by atoms with E-state index in [2.05, 4.69) is 10.1 Å². The van der Waals surface area contributed by atoms with E-state index in [1.165, 1.54) is 11.7 Å². The fourth-order valence-electron chi connectivity index (χ4n) is 1.46. The molecule has 0 bridgehead atoms. The molecule has 1 aromatic rings. The fraction of sp³-hybridized carbons (Fsp3) is 0.538. The molecule has 0 aliphatic carbocycles. The van der Waals surface area contributed by atoms with Crippen molar-refractivity contribution in [2.24, 2.45) is 5.16 Å². The quantitative estimate of drug-likeness (QED) is 0.291. The Kier molecular flexibility index (Phi) is 7.02. The second kappa shape index (κ2) is 8.36. The number of hydrogen-bond acceptors (Lipinski definition) is 9. The summed E-state index contributed by atoms with van der Waals surface area (Å²) in [5, 5.41) is 4.72. The summed E-state index contributed by atoms with van der Waals surface area (Å²) in [6, 6.07) is 0. The number of carbonyl (C=O) groups excluding carboxylic acids is 2. The van der Waals surface area contributed by atoms with E-state index in [1.54, 1.807) is 32.4 Å². The molecule has 12 heteroatoms. The standard InChI is InChI=1S/C13H18N3O7S2/c1-8(5-11(18)22-13(2,3)4)23-15-9(6-17)10-7-24-12(14-10)16-25(19,20)21/h7-8H,5H2,1-4H3,(H,14,16)(H,19,20,21)/b15-9-. The highest BCUT2D eigenvalue weighted by molar-refractivity contribution is 7.87. The lowest BCUT2D eigenvalue weighted by molar-refractivity contribution is -0.157. The molecule has 0 saturated heterocycles. The molecule has 1 radical (unpaired) electrons. The monoisotopic (exact) mass is 392 g/mol. The molecule has 1 rings (SSSR count). The molecule has 10 nitrogen and oxygen atoms in total. The fourth-order valence-corrected chi connectivity index (χ4v) is 2.77. The summed E-state index contributed by atoms with van der Waals surface area (Å²) in [6.07, 6.45) is 0.747. The van der Waals surface area contributed by atoms with E-state index in [9.17, 15) is 18.0 Å². The van der Waals surface area contributed by atoms with Gasteiger partial charge in [0.05, 0.1) is 6.42 Å². The molecular formula is C13H18N3O7S2. The van der Waals surface area contributed by atoms with Gasteiger partial charge in [-0.25, -0.2) is 9.71 Å². The number of rotatable bonds is 8. The van der Waals surface area contributed by atoms with Gasteiger partial charge in [0.15, 0.2) is 10.8 Å². The minimum atomic E-state index is -4.47. The molecule has 0 saturated carbocycles. The van der Waals surface area contributed by atoms with Gasteiger partial charge in [0, 0.05) is 5.38 Å². The average molecular weight is 392 g/mol. The molecule has 0 spiro atoms. The summed E-state index contributed by atoms with van der Waals surface area (Å²) >= 11 is 0.821. The van der Waals surface area contributed by atoms with Crippen LogP contribution in [-0.4, -0.2) is 47.6 Å². The van der Waals surface area contributed by atoms with Gasteiger partial charge in [-0.15, -0.1) is 11.3 Å². The molecule has 1 unspecified atom stereocenters. The number of hydrogen-bond donors (Lipinski definition) is 2. The van der Waals surface area contributed by atoms with Crippen LogP contribution in [0.3, 0.4) is 0 Å². The number of nitrogens with one attached hydrogen (secondary N) is 1. The highest BCUT2D eigenvalue weighted by Crippen LogP contribution is 2.17. The lowest BCUT2D eigenvalue weighted by Crippen LogP contribution is -2.26. The van der Waals surface area contributed by atoms with Gasteiger partial charge in [-0.1, -0.05) is 5.16 Å². The molecule has 0 fully saturated rings. The molecule has 1 heterocycles. The van der Waals surface area contributed by atoms with Crippen LogP contribution in [0.2, 0.25) is 0 Å². The first kappa shape index (κ1) is 21.0. The van der Waals surface area contributed by atoms with Crippen molar-refractivity contribution in [2.75, 3.05) is 4.72 Å². The molecule has 0 aliphatic heterocycles. The van der Waals surface area contributed by atoms with Crippen molar-refractivity contribution in [3.8, 4) is 0 Å². The van der Waals surface area contributed by atoms with Crippen LogP contribution in [0.25, 0.3) is 0 Å². The predicted molar refractivity (Wildman–Crippen MR) is 90.5 cm³/mol. The second-order valence-electron chi connectivity index (χ2n) is 5.86. The van der Waals surface area contributed by atoms with Gasteiger partial charge in [-0.3, -0.25) is 14.1 Å². The van der Waals surface area contributed by atoms with Crippen LogP contribution in [-0.2, 0) is 29.5 Å². The number of carbonyl (C=O) groups is 1. The minimum Gasteiger partial charge on any atom is -0.460 e. The Hall–Kier alpha value is -2.05. The van der Waals surface area contributed by atoms with Gasteiger partial charge in [-0.05, 0) is 27.7 Å².